The molecule has 4 nitrogen and oxygen atoms in total. The van der Waals surface area contributed by atoms with Crippen LogP contribution in [0, 0.1) is 0 Å². The molecule has 0 aliphatic carbocycles. The molecule has 0 radical (unpaired) electrons. The van der Waals surface area contributed by atoms with Crippen LogP contribution in [0.2, 0.25) is 0 Å². The van der Waals surface area contributed by atoms with Gasteiger partial charge < -0.3 is 9.80 Å². The summed E-state index contributed by atoms with van der Waals surface area (Å²) in [5.41, 5.74) is 3.89. The predicted octanol–water partition coefficient (Wildman–Crippen LogP) is 3.73. The number of amides is 1. The maximum Gasteiger partial charge on any atom is 0.253 e. The number of hydrogen-bond donors (Lipinski definition) is 0. The maximum absolute atomic E-state index is 11.9. The second-order valence-corrected chi connectivity index (χ2v) is 6.87. The third-order valence-electron chi connectivity index (χ3n) is 3.67. The van der Waals surface area contributed by atoms with Crippen molar-refractivity contribution >= 4 is 33.1 Å². The van der Waals surface area contributed by atoms with Crippen LogP contribution in [-0.2, 0) is 0 Å². The van der Waals surface area contributed by atoms with Crippen molar-refractivity contribution in [3.05, 3.63) is 48.0 Å². The van der Waals surface area contributed by atoms with Crippen LogP contribution in [-0.4, -0.2) is 44.0 Å². The van der Waals surface area contributed by atoms with Crippen molar-refractivity contribution < 1.29 is 4.79 Å². The van der Waals surface area contributed by atoms with Crippen molar-refractivity contribution in [1.82, 2.24) is 9.88 Å². The zero-order valence-corrected chi connectivity index (χ0v) is 14.5. The molecule has 23 heavy (non-hydrogen) atoms. The Morgan fingerprint density at radius 2 is 1.70 bits per heavy atom. The van der Waals surface area contributed by atoms with Crippen molar-refractivity contribution in [3.8, 4) is 10.6 Å². The zero-order valence-electron chi connectivity index (χ0n) is 13.7. The van der Waals surface area contributed by atoms with Crippen LogP contribution < -0.4 is 4.90 Å². The van der Waals surface area contributed by atoms with E-state index >= 15 is 0 Å². The van der Waals surface area contributed by atoms with Gasteiger partial charge in [-0.25, -0.2) is 4.98 Å². The molecule has 3 rings (SSSR count). The summed E-state index contributed by atoms with van der Waals surface area (Å²) < 4.78 is 1.17. The Morgan fingerprint density at radius 1 is 1.00 bits per heavy atom. The van der Waals surface area contributed by atoms with Gasteiger partial charge in [0.1, 0.15) is 5.01 Å². The molecular formula is C18H19N3OS. The first kappa shape index (κ1) is 15.5. The molecule has 0 saturated heterocycles. The van der Waals surface area contributed by atoms with E-state index in [1.807, 2.05) is 38.4 Å². The Morgan fingerprint density at radius 3 is 2.30 bits per heavy atom. The number of anilines is 1. The van der Waals surface area contributed by atoms with Gasteiger partial charge in [-0.05, 0) is 30.3 Å². The number of nitrogens with zero attached hydrogens (tertiary/aromatic N) is 3. The molecule has 0 bridgehead atoms. The molecule has 0 atom stereocenters. The summed E-state index contributed by atoms with van der Waals surface area (Å²) in [5, 5.41) is 0.972. The number of rotatable bonds is 3. The lowest BCUT2D eigenvalue weighted by Gasteiger charge is -2.11. The fourth-order valence-electron chi connectivity index (χ4n) is 2.33. The van der Waals surface area contributed by atoms with E-state index in [2.05, 4.69) is 23.1 Å². The molecule has 0 saturated carbocycles. The van der Waals surface area contributed by atoms with Crippen LogP contribution in [0.1, 0.15) is 10.4 Å². The number of fused-ring (bicyclic) bond motifs is 1. The standard InChI is InChI=1S/C18H19N3OS/c1-20(2)14-9-10-15-16(11-14)23-17(19-15)12-5-7-13(8-6-12)18(22)21(3)4/h5-11H,1-4H3. The summed E-state index contributed by atoms with van der Waals surface area (Å²) in [5.74, 6) is 0.0106. The largest absolute Gasteiger partial charge is 0.378 e. The minimum Gasteiger partial charge on any atom is -0.378 e. The maximum atomic E-state index is 11.9. The van der Waals surface area contributed by atoms with Gasteiger partial charge >= 0.3 is 0 Å². The molecule has 5 heteroatoms. The highest BCUT2D eigenvalue weighted by Crippen LogP contribution is 2.32. The van der Waals surface area contributed by atoms with E-state index in [1.165, 1.54) is 10.4 Å². The Balaban J connectivity index is 1.95. The molecule has 0 unspecified atom stereocenters. The normalized spacial score (nSPS) is 10.8. The van der Waals surface area contributed by atoms with E-state index in [0.717, 1.165) is 16.1 Å². The molecule has 0 spiro atoms. The summed E-state index contributed by atoms with van der Waals surface area (Å²) in [6.07, 6.45) is 0. The van der Waals surface area contributed by atoms with E-state index in [-0.39, 0.29) is 5.91 Å². The van der Waals surface area contributed by atoms with Gasteiger partial charge in [-0.1, -0.05) is 12.1 Å². The van der Waals surface area contributed by atoms with Crippen molar-refractivity contribution in [2.24, 2.45) is 0 Å². The van der Waals surface area contributed by atoms with Crippen molar-refractivity contribution in [2.45, 2.75) is 0 Å². The lowest BCUT2D eigenvalue weighted by Crippen LogP contribution is -2.21. The number of thiazole rings is 1. The number of carbonyl (C=O) groups is 1. The minimum atomic E-state index is 0.0106. The summed E-state index contributed by atoms with van der Waals surface area (Å²) in [6, 6.07) is 13.9. The molecule has 1 heterocycles. The SMILES string of the molecule is CN(C)C(=O)c1ccc(-c2nc3ccc(N(C)C)cc3s2)cc1. The average molecular weight is 325 g/mol. The van der Waals surface area contributed by atoms with Crippen molar-refractivity contribution in [2.75, 3.05) is 33.1 Å². The van der Waals surface area contributed by atoms with Gasteiger partial charge in [-0.15, -0.1) is 11.3 Å². The van der Waals surface area contributed by atoms with Gasteiger partial charge in [-0.2, -0.15) is 0 Å². The Bertz CT molecular complexity index is 850. The molecule has 2 aromatic carbocycles. The molecule has 1 aromatic heterocycles. The minimum absolute atomic E-state index is 0.0106. The quantitative estimate of drug-likeness (QED) is 0.736. The topological polar surface area (TPSA) is 36.4 Å². The molecular weight excluding hydrogens is 306 g/mol. The highest BCUT2D eigenvalue weighted by molar-refractivity contribution is 7.21. The summed E-state index contributed by atoms with van der Waals surface area (Å²) in [6.45, 7) is 0. The first-order chi connectivity index (χ1) is 11.0. The first-order valence-corrected chi connectivity index (χ1v) is 8.17. The Kier molecular flexibility index (Phi) is 4.05. The number of benzene rings is 2. The van der Waals surface area contributed by atoms with Gasteiger partial charge in [0.2, 0.25) is 0 Å². The fraction of sp³-hybridized carbons (Fsp3) is 0.222. The van der Waals surface area contributed by atoms with Crippen LogP contribution in [0.3, 0.4) is 0 Å². The van der Waals surface area contributed by atoms with Crippen LogP contribution in [0.25, 0.3) is 20.8 Å². The zero-order chi connectivity index (χ0) is 16.6. The molecule has 118 valence electrons. The third kappa shape index (κ3) is 3.05. The van der Waals surface area contributed by atoms with Gasteiger partial charge in [0, 0.05) is 45.0 Å². The summed E-state index contributed by atoms with van der Waals surface area (Å²) in [7, 11) is 7.57. The molecule has 3 aromatic rings. The Hall–Kier alpha value is -2.40. The fourth-order valence-corrected chi connectivity index (χ4v) is 3.33. The van der Waals surface area contributed by atoms with Crippen molar-refractivity contribution in [1.29, 1.82) is 0 Å². The van der Waals surface area contributed by atoms with Crippen LogP contribution >= 0.6 is 11.3 Å². The molecule has 0 aliphatic rings. The summed E-state index contributed by atoms with van der Waals surface area (Å²) >= 11 is 1.67. The number of hydrogen-bond acceptors (Lipinski definition) is 4. The first-order valence-electron chi connectivity index (χ1n) is 7.36. The monoisotopic (exact) mass is 325 g/mol. The third-order valence-corrected chi connectivity index (χ3v) is 4.74. The number of aromatic nitrogens is 1. The van der Waals surface area contributed by atoms with E-state index in [1.54, 1.807) is 30.3 Å². The van der Waals surface area contributed by atoms with Crippen molar-refractivity contribution in [3.63, 3.8) is 0 Å². The lowest BCUT2D eigenvalue weighted by molar-refractivity contribution is 0.0827. The van der Waals surface area contributed by atoms with Crippen LogP contribution in [0.15, 0.2) is 42.5 Å². The highest BCUT2D eigenvalue weighted by Gasteiger charge is 2.10. The van der Waals surface area contributed by atoms with Crippen LogP contribution in [0.5, 0.6) is 0 Å². The molecule has 0 fully saturated rings. The molecule has 0 N–H and O–H groups in total. The second-order valence-electron chi connectivity index (χ2n) is 5.84. The second kappa shape index (κ2) is 6.01. The van der Waals surface area contributed by atoms with Crippen LogP contribution in [0.4, 0.5) is 5.69 Å². The highest BCUT2D eigenvalue weighted by atomic mass is 32.1. The molecule has 0 aliphatic heterocycles. The number of carbonyl (C=O) groups excluding carboxylic acids is 1. The van der Waals surface area contributed by atoms with Gasteiger partial charge in [0.15, 0.2) is 0 Å². The van der Waals surface area contributed by atoms with Gasteiger partial charge in [0.25, 0.3) is 5.91 Å². The van der Waals surface area contributed by atoms with E-state index in [9.17, 15) is 4.79 Å². The van der Waals surface area contributed by atoms with E-state index in [0.29, 0.717) is 5.56 Å². The van der Waals surface area contributed by atoms with E-state index in [4.69, 9.17) is 4.98 Å². The predicted molar refractivity (Wildman–Crippen MR) is 97.4 cm³/mol. The smallest absolute Gasteiger partial charge is 0.253 e. The van der Waals surface area contributed by atoms with Gasteiger partial charge in [-0.3, -0.25) is 4.79 Å². The van der Waals surface area contributed by atoms with E-state index < -0.39 is 0 Å². The molecule has 1 amide bonds. The summed E-state index contributed by atoms with van der Waals surface area (Å²) in [4.78, 5) is 20.3. The Labute approximate surface area is 140 Å². The van der Waals surface area contributed by atoms with Gasteiger partial charge in [0.05, 0.1) is 10.2 Å². The lowest BCUT2D eigenvalue weighted by atomic mass is 10.1. The average Bonchev–Trinajstić information content (AvgIpc) is 2.97.